The van der Waals surface area contributed by atoms with Gasteiger partial charge in [-0.1, -0.05) is 12.1 Å². The molecule has 0 saturated carbocycles. The van der Waals surface area contributed by atoms with Crippen molar-refractivity contribution in [3.8, 4) is 5.75 Å². The van der Waals surface area contributed by atoms with E-state index in [0.717, 1.165) is 34.4 Å². The zero-order valence-electron chi connectivity index (χ0n) is 17.6. The Hall–Kier alpha value is -3.14. The summed E-state index contributed by atoms with van der Waals surface area (Å²) in [6.07, 6.45) is 3.59. The molecule has 3 aromatic heterocycles. The maximum Gasteiger partial charge on any atom is 0.224 e. The summed E-state index contributed by atoms with van der Waals surface area (Å²) < 4.78 is 20.3. The van der Waals surface area contributed by atoms with Gasteiger partial charge in [-0.15, -0.1) is 11.3 Å². The normalized spacial score (nSPS) is 12.2. The van der Waals surface area contributed by atoms with Gasteiger partial charge in [-0.3, -0.25) is 10.3 Å². The molecule has 0 saturated heterocycles. The molecule has 1 atom stereocenters. The number of pyridine rings is 1. The summed E-state index contributed by atoms with van der Waals surface area (Å²) in [4.78, 5) is 13.1. The molecular weight excluding hydrogens is 429 g/mol. The fourth-order valence-corrected chi connectivity index (χ4v) is 4.07. The number of halogens is 1. The molecule has 0 aliphatic carbocycles. The van der Waals surface area contributed by atoms with Crippen molar-refractivity contribution in [3.05, 3.63) is 76.8 Å². The van der Waals surface area contributed by atoms with Crippen molar-refractivity contribution < 1.29 is 14.2 Å². The van der Waals surface area contributed by atoms with Gasteiger partial charge in [0.1, 0.15) is 11.6 Å². The van der Waals surface area contributed by atoms with Crippen LogP contribution >= 0.6 is 11.3 Å². The highest BCUT2D eigenvalue weighted by molar-refractivity contribution is 7.17. The summed E-state index contributed by atoms with van der Waals surface area (Å²) in [5.74, 6) is 0.356. The number of nitrogens with zero attached hydrogens (tertiary/aromatic N) is 3. The number of fused-ring (bicyclic) bond motifs is 1. The van der Waals surface area contributed by atoms with Crippen LogP contribution in [0.1, 0.15) is 29.8 Å². The third kappa shape index (κ3) is 5.76. The van der Waals surface area contributed by atoms with Gasteiger partial charge in [-0.2, -0.15) is 0 Å². The lowest BCUT2D eigenvalue weighted by Gasteiger charge is -2.15. The fraction of sp³-hybridized carbons (Fsp3) is 0.261. The number of hydrogen-bond donors (Lipinski definition) is 3. The summed E-state index contributed by atoms with van der Waals surface area (Å²) >= 11 is 1.57. The van der Waals surface area contributed by atoms with Crippen LogP contribution in [0, 0.1) is 5.82 Å². The van der Waals surface area contributed by atoms with Crippen LogP contribution in [-0.4, -0.2) is 33.3 Å². The lowest BCUT2D eigenvalue weighted by molar-refractivity contribution is 0.103. The third-order valence-corrected chi connectivity index (χ3v) is 5.84. The number of rotatable bonds is 10. The number of thiophene rings is 1. The number of ether oxygens (including phenoxy) is 1. The van der Waals surface area contributed by atoms with E-state index in [-0.39, 0.29) is 17.6 Å². The van der Waals surface area contributed by atoms with Gasteiger partial charge in [-0.05, 0) is 54.1 Å². The van der Waals surface area contributed by atoms with Crippen molar-refractivity contribution in [2.75, 3.05) is 18.6 Å². The van der Waals surface area contributed by atoms with Gasteiger partial charge in [0.25, 0.3) is 0 Å². The summed E-state index contributed by atoms with van der Waals surface area (Å²) in [5.41, 5.74) is 3.42. The minimum Gasteiger partial charge on any atom is -0.508 e. The Morgan fingerprint density at radius 2 is 2.09 bits per heavy atom. The molecule has 4 aromatic rings. The van der Waals surface area contributed by atoms with Crippen molar-refractivity contribution in [2.45, 2.75) is 26.0 Å². The van der Waals surface area contributed by atoms with E-state index in [1.165, 1.54) is 12.3 Å². The lowest BCUT2D eigenvalue weighted by Crippen LogP contribution is -2.21. The number of phenols is 1. The van der Waals surface area contributed by atoms with Crippen LogP contribution in [0.15, 0.2) is 54.2 Å². The number of nitrogens with one attached hydrogen (secondary N) is 2. The number of benzene rings is 1. The average molecular weight is 454 g/mol. The molecule has 32 heavy (non-hydrogen) atoms. The first-order valence-electron chi connectivity index (χ1n) is 10.3. The van der Waals surface area contributed by atoms with Crippen LogP contribution in [0.2, 0.25) is 0 Å². The van der Waals surface area contributed by atoms with E-state index in [0.29, 0.717) is 24.8 Å². The van der Waals surface area contributed by atoms with Gasteiger partial charge in [0.15, 0.2) is 0 Å². The molecule has 0 fully saturated rings. The van der Waals surface area contributed by atoms with Crippen molar-refractivity contribution >= 4 is 27.5 Å². The standard InChI is InChI=1S/C23H24FN5O2S/c1-15(17-10-18(24)12-26-11-17)27-23-28-20-6-8-32-22(20)21(29-23)13-31-14-25-7-5-16-3-2-4-19(30)9-16/h2-4,6,8-12,15,25,30H,5,7,13-14H2,1H3,(H,27,28,29)/t15-/m0/s1. The maximum absolute atomic E-state index is 13.5. The summed E-state index contributed by atoms with van der Waals surface area (Å²) in [6.45, 7) is 3.35. The molecule has 9 heteroatoms. The second kappa shape index (κ2) is 10.4. The highest BCUT2D eigenvalue weighted by atomic mass is 32.1. The Balaban J connectivity index is 1.33. The molecule has 0 aliphatic heterocycles. The summed E-state index contributed by atoms with van der Waals surface area (Å²) in [6, 6.07) is 10.4. The first-order chi connectivity index (χ1) is 15.6. The number of aromatic hydroxyl groups is 1. The van der Waals surface area contributed by atoms with E-state index in [1.807, 2.05) is 30.5 Å². The van der Waals surface area contributed by atoms with E-state index in [2.05, 4.69) is 25.6 Å². The molecule has 4 rings (SSSR count). The summed E-state index contributed by atoms with van der Waals surface area (Å²) in [7, 11) is 0. The highest BCUT2D eigenvalue weighted by Crippen LogP contribution is 2.26. The molecule has 0 amide bonds. The predicted octanol–water partition coefficient (Wildman–Crippen LogP) is 4.41. The van der Waals surface area contributed by atoms with Gasteiger partial charge >= 0.3 is 0 Å². The first kappa shape index (κ1) is 22.1. The first-order valence-corrected chi connectivity index (χ1v) is 11.1. The Morgan fingerprint density at radius 1 is 1.19 bits per heavy atom. The molecule has 1 aromatic carbocycles. The largest absolute Gasteiger partial charge is 0.508 e. The molecule has 0 bridgehead atoms. The van der Waals surface area contributed by atoms with Crippen molar-refractivity contribution in [3.63, 3.8) is 0 Å². The minimum atomic E-state index is -0.379. The zero-order chi connectivity index (χ0) is 22.3. The molecular formula is C23H24FN5O2S. The van der Waals surface area contributed by atoms with Gasteiger partial charge in [0.05, 0.1) is 41.5 Å². The van der Waals surface area contributed by atoms with E-state index >= 15 is 0 Å². The third-order valence-electron chi connectivity index (χ3n) is 4.89. The van der Waals surface area contributed by atoms with Crippen LogP contribution in [0.4, 0.5) is 10.3 Å². The van der Waals surface area contributed by atoms with Gasteiger partial charge in [0.2, 0.25) is 5.95 Å². The average Bonchev–Trinajstić information content (AvgIpc) is 3.25. The van der Waals surface area contributed by atoms with Gasteiger partial charge in [-0.25, -0.2) is 14.4 Å². The van der Waals surface area contributed by atoms with E-state index in [4.69, 9.17) is 4.74 Å². The molecule has 3 heterocycles. The van der Waals surface area contributed by atoms with Crippen molar-refractivity contribution in [2.24, 2.45) is 0 Å². The Kier molecular flexibility index (Phi) is 7.21. The highest BCUT2D eigenvalue weighted by Gasteiger charge is 2.13. The van der Waals surface area contributed by atoms with Crippen LogP contribution in [0.25, 0.3) is 10.2 Å². The number of aromatic nitrogens is 3. The minimum absolute atomic E-state index is 0.206. The SMILES string of the molecule is C[C@H](Nc1nc(COCNCCc2cccc(O)c2)c2sccc2n1)c1cncc(F)c1. The molecule has 0 radical (unpaired) electrons. The van der Waals surface area contributed by atoms with E-state index in [1.54, 1.807) is 29.7 Å². The molecule has 3 N–H and O–H groups in total. The molecule has 166 valence electrons. The van der Waals surface area contributed by atoms with Crippen LogP contribution in [0.3, 0.4) is 0 Å². The number of hydrogen-bond acceptors (Lipinski definition) is 8. The van der Waals surface area contributed by atoms with E-state index in [9.17, 15) is 9.50 Å². The summed E-state index contributed by atoms with van der Waals surface area (Å²) in [5, 5.41) is 18.0. The van der Waals surface area contributed by atoms with Crippen molar-refractivity contribution in [1.29, 1.82) is 0 Å². The second-order valence-electron chi connectivity index (χ2n) is 7.34. The molecule has 0 unspecified atom stereocenters. The van der Waals surface area contributed by atoms with Crippen LogP contribution in [0.5, 0.6) is 5.75 Å². The Morgan fingerprint density at radius 3 is 2.94 bits per heavy atom. The van der Waals surface area contributed by atoms with Crippen molar-refractivity contribution in [1.82, 2.24) is 20.3 Å². The quantitative estimate of drug-likeness (QED) is 0.242. The molecule has 7 nitrogen and oxygen atoms in total. The fourth-order valence-electron chi connectivity index (χ4n) is 3.27. The Bertz CT molecular complexity index is 1190. The number of anilines is 1. The van der Waals surface area contributed by atoms with Gasteiger partial charge < -0.3 is 15.2 Å². The van der Waals surface area contributed by atoms with Gasteiger partial charge in [0, 0.05) is 12.7 Å². The smallest absolute Gasteiger partial charge is 0.224 e. The van der Waals surface area contributed by atoms with Crippen LogP contribution < -0.4 is 10.6 Å². The predicted molar refractivity (Wildman–Crippen MR) is 123 cm³/mol. The monoisotopic (exact) mass is 453 g/mol. The van der Waals surface area contributed by atoms with Crippen LogP contribution in [-0.2, 0) is 17.8 Å². The molecule has 0 spiro atoms. The number of phenolic OH excluding ortho intramolecular Hbond substituents is 1. The second-order valence-corrected chi connectivity index (χ2v) is 8.26. The maximum atomic E-state index is 13.5. The zero-order valence-corrected chi connectivity index (χ0v) is 18.4. The topological polar surface area (TPSA) is 92.2 Å². The van der Waals surface area contributed by atoms with E-state index < -0.39 is 0 Å². The molecule has 0 aliphatic rings. The lowest BCUT2D eigenvalue weighted by atomic mass is 10.1. The Labute approximate surface area is 189 Å².